The van der Waals surface area contributed by atoms with Crippen molar-refractivity contribution in [3.8, 4) is 33.9 Å². The number of aromatic nitrogens is 4. The van der Waals surface area contributed by atoms with Gasteiger partial charge in [0.15, 0.2) is 17.5 Å². The largest absolute Gasteiger partial charge is 0.456 e. The first-order valence-electron chi connectivity index (χ1n) is 23.4. The normalized spacial score (nSPS) is 14.2. The number of allylic oxidation sites excluding steroid dienone is 4. The third-order valence-electron chi connectivity index (χ3n) is 13.9. The molecule has 0 radical (unpaired) electrons. The van der Waals surface area contributed by atoms with E-state index in [1.165, 1.54) is 33.2 Å². The second-order valence-electron chi connectivity index (χ2n) is 17.9. The lowest BCUT2D eigenvalue weighted by Crippen LogP contribution is -2.16. The maximum absolute atomic E-state index is 6.42. The van der Waals surface area contributed by atoms with Crippen molar-refractivity contribution in [1.82, 2.24) is 19.5 Å². The highest BCUT2D eigenvalue weighted by molar-refractivity contribution is 6.14. The van der Waals surface area contributed by atoms with Gasteiger partial charge in [0.2, 0.25) is 0 Å². The average molecular weight is 885 g/mol. The molecule has 6 heteroatoms. The number of hydrogen-bond acceptors (Lipinski definition) is 5. The summed E-state index contributed by atoms with van der Waals surface area (Å²) in [4.78, 5) is 16.1. The van der Waals surface area contributed by atoms with Crippen LogP contribution in [-0.2, 0) is 0 Å². The Balaban J connectivity index is 1.03. The van der Waals surface area contributed by atoms with Gasteiger partial charge >= 0.3 is 0 Å². The Morgan fingerprint density at radius 2 is 0.884 bits per heavy atom. The van der Waals surface area contributed by atoms with Crippen LogP contribution in [0.3, 0.4) is 0 Å². The van der Waals surface area contributed by atoms with Crippen molar-refractivity contribution >= 4 is 82.5 Å². The van der Waals surface area contributed by atoms with E-state index in [-0.39, 0.29) is 5.92 Å². The van der Waals surface area contributed by atoms with Gasteiger partial charge < -0.3 is 13.4 Å². The Labute approximate surface area is 396 Å². The number of benzene rings is 9. The predicted molar refractivity (Wildman–Crippen MR) is 281 cm³/mol. The van der Waals surface area contributed by atoms with Gasteiger partial charge in [0.1, 0.15) is 22.3 Å². The van der Waals surface area contributed by atoms with Crippen LogP contribution in [-0.4, -0.2) is 19.5 Å². The zero-order valence-corrected chi connectivity index (χ0v) is 37.3. The predicted octanol–water partition coefficient (Wildman–Crippen LogP) is 16.4. The SMILES string of the molecule is C1=C(c2nc(-c3ccc4c(c3)oc3ccccc34)nc(-c3ccc4oc5ccccc5c4c3)n2)CC(c2ccccc2)C(n2c3ccccc3c3cc(-c4ccccc4)ccc32)=C1c1ccccc1. The van der Waals surface area contributed by atoms with Crippen LogP contribution in [0.4, 0.5) is 0 Å². The zero-order valence-electron chi connectivity index (χ0n) is 37.3. The number of rotatable bonds is 7. The molecule has 1 unspecified atom stereocenters. The molecule has 0 saturated carbocycles. The molecule has 0 spiro atoms. The van der Waals surface area contributed by atoms with Crippen molar-refractivity contribution in [3.05, 3.63) is 241 Å². The van der Waals surface area contributed by atoms with Crippen molar-refractivity contribution in [2.45, 2.75) is 12.3 Å². The van der Waals surface area contributed by atoms with Crippen molar-refractivity contribution in [3.63, 3.8) is 0 Å². The fourth-order valence-electron chi connectivity index (χ4n) is 10.6. The second-order valence-corrected chi connectivity index (χ2v) is 17.9. The number of fused-ring (bicyclic) bond motifs is 9. The minimum Gasteiger partial charge on any atom is -0.456 e. The quantitative estimate of drug-likeness (QED) is 0.159. The average Bonchev–Trinajstić information content (AvgIpc) is 4.10. The highest BCUT2D eigenvalue weighted by atomic mass is 16.3. The van der Waals surface area contributed by atoms with Crippen LogP contribution in [0.1, 0.15) is 29.3 Å². The van der Waals surface area contributed by atoms with E-state index in [0.717, 1.165) is 82.7 Å². The maximum atomic E-state index is 6.42. The Morgan fingerprint density at radius 1 is 0.362 bits per heavy atom. The van der Waals surface area contributed by atoms with E-state index in [4.69, 9.17) is 23.8 Å². The number of hydrogen-bond donors (Lipinski definition) is 0. The van der Waals surface area contributed by atoms with Gasteiger partial charge in [0, 0.05) is 60.6 Å². The summed E-state index contributed by atoms with van der Waals surface area (Å²) in [6, 6.07) is 76.9. The van der Waals surface area contributed by atoms with Gasteiger partial charge in [-0.3, -0.25) is 0 Å². The molecular formula is C63H40N4O2. The van der Waals surface area contributed by atoms with Gasteiger partial charge in [-0.1, -0.05) is 158 Å². The van der Waals surface area contributed by atoms with E-state index in [9.17, 15) is 0 Å². The smallest absolute Gasteiger partial charge is 0.164 e. The molecule has 13 aromatic rings. The lowest BCUT2D eigenvalue weighted by atomic mass is 9.80. The lowest BCUT2D eigenvalue weighted by molar-refractivity contribution is 0.668. The van der Waals surface area contributed by atoms with Crippen molar-refractivity contribution < 1.29 is 8.83 Å². The Bertz CT molecular complexity index is 4220. The van der Waals surface area contributed by atoms with E-state index in [1.54, 1.807) is 0 Å². The van der Waals surface area contributed by atoms with Gasteiger partial charge in [-0.25, -0.2) is 15.0 Å². The van der Waals surface area contributed by atoms with Crippen LogP contribution in [0.15, 0.2) is 233 Å². The van der Waals surface area contributed by atoms with E-state index < -0.39 is 0 Å². The molecule has 1 atom stereocenters. The second kappa shape index (κ2) is 15.8. The minimum atomic E-state index is -0.0848. The maximum Gasteiger partial charge on any atom is 0.164 e. The molecule has 9 aromatic carbocycles. The third kappa shape index (κ3) is 6.52. The topological polar surface area (TPSA) is 69.9 Å². The summed E-state index contributed by atoms with van der Waals surface area (Å²) in [5.41, 5.74) is 15.4. The molecule has 1 aliphatic carbocycles. The summed E-state index contributed by atoms with van der Waals surface area (Å²) in [6.07, 6.45) is 2.98. The van der Waals surface area contributed by atoms with Crippen LogP contribution < -0.4 is 0 Å². The minimum absolute atomic E-state index is 0.0848. The van der Waals surface area contributed by atoms with Gasteiger partial charge in [0.25, 0.3) is 0 Å². The van der Waals surface area contributed by atoms with Crippen molar-refractivity contribution in [2.75, 3.05) is 0 Å². The van der Waals surface area contributed by atoms with Crippen LogP contribution >= 0.6 is 0 Å². The highest BCUT2D eigenvalue weighted by Crippen LogP contribution is 2.49. The fraction of sp³-hybridized carbons (Fsp3) is 0.0317. The third-order valence-corrected chi connectivity index (χ3v) is 13.9. The summed E-state index contributed by atoms with van der Waals surface area (Å²) < 4.78 is 15.2. The molecule has 0 amide bonds. The summed E-state index contributed by atoms with van der Waals surface area (Å²) in [7, 11) is 0. The monoisotopic (exact) mass is 884 g/mol. The van der Waals surface area contributed by atoms with Crippen LogP contribution in [0.25, 0.3) is 116 Å². The number of para-hydroxylation sites is 3. The van der Waals surface area contributed by atoms with E-state index >= 15 is 0 Å². The molecule has 69 heavy (non-hydrogen) atoms. The molecule has 0 fully saturated rings. The van der Waals surface area contributed by atoms with E-state index in [1.807, 2.05) is 42.5 Å². The molecular weight excluding hydrogens is 845 g/mol. The van der Waals surface area contributed by atoms with E-state index in [0.29, 0.717) is 23.9 Å². The van der Waals surface area contributed by atoms with Crippen LogP contribution in [0, 0.1) is 0 Å². The number of furan rings is 2. The van der Waals surface area contributed by atoms with Gasteiger partial charge in [-0.2, -0.15) is 0 Å². The highest BCUT2D eigenvalue weighted by Gasteiger charge is 2.32. The van der Waals surface area contributed by atoms with Gasteiger partial charge in [-0.15, -0.1) is 0 Å². The Hall–Kier alpha value is -9.13. The number of nitrogens with zero attached hydrogens (tertiary/aromatic N) is 4. The molecule has 4 heterocycles. The van der Waals surface area contributed by atoms with Crippen molar-refractivity contribution in [2.24, 2.45) is 0 Å². The van der Waals surface area contributed by atoms with Crippen LogP contribution in [0.2, 0.25) is 0 Å². The standard InChI is InChI=1S/C63H40N4O2/c1-4-16-39(17-5-1)42-29-32-55-52(34-42)46-22-10-13-25-54(46)67(55)60-50(40-18-6-2-7-19-40)36-45(37-51(60)41-20-8-3-9-21-41)63-65-61(43-30-33-58-53(35-43)48-24-12-15-27-57(48)68-58)64-62(66-63)44-28-31-49-47-23-11-14-26-56(47)69-59(49)38-44/h1-36,38,51H,37H2. The zero-order chi connectivity index (χ0) is 45.4. The summed E-state index contributed by atoms with van der Waals surface area (Å²) in [5.74, 6) is 1.69. The Kier molecular flexibility index (Phi) is 8.92. The summed E-state index contributed by atoms with van der Waals surface area (Å²) >= 11 is 0. The van der Waals surface area contributed by atoms with Gasteiger partial charge in [0.05, 0.1) is 11.0 Å². The van der Waals surface area contributed by atoms with Crippen molar-refractivity contribution in [1.29, 1.82) is 0 Å². The molecule has 0 aliphatic heterocycles. The first kappa shape index (κ1) is 39.1. The van der Waals surface area contributed by atoms with E-state index in [2.05, 4.69) is 187 Å². The molecule has 1 aliphatic rings. The first-order valence-corrected chi connectivity index (χ1v) is 23.4. The Morgan fingerprint density at radius 3 is 1.64 bits per heavy atom. The van der Waals surface area contributed by atoms with Crippen LogP contribution in [0.5, 0.6) is 0 Å². The molecule has 14 rings (SSSR count). The summed E-state index contributed by atoms with van der Waals surface area (Å²) in [6.45, 7) is 0. The summed E-state index contributed by atoms with van der Waals surface area (Å²) in [5, 5.41) is 6.61. The molecule has 6 nitrogen and oxygen atoms in total. The first-order chi connectivity index (χ1) is 34.2. The fourth-order valence-corrected chi connectivity index (χ4v) is 10.6. The molecule has 324 valence electrons. The lowest BCUT2D eigenvalue weighted by Gasteiger charge is -2.31. The molecule has 4 aromatic heterocycles. The molecule has 0 saturated heterocycles. The molecule has 0 N–H and O–H groups in total. The molecule has 0 bridgehead atoms. The van der Waals surface area contributed by atoms with Gasteiger partial charge in [-0.05, 0) is 101 Å².